The van der Waals surface area contributed by atoms with Crippen LogP contribution in [0.2, 0.25) is 1.41 Å². The van der Waals surface area contributed by atoms with E-state index in [1.54, 1.807) is 6.20 Å². The summed E-state index contributed by atoms with van der Waals surface area (Å²) >= 11 is 0. The first-order chi connectivity index (χ1) is 12.0. The second-order valence-electron chi connectivity index (χ2n) is 6.83. The number of hydrogen-bond donors (Lipinski definition) is 1. The summed E-state index contributed by atoms with van der Waals surface area (Å²) < 4.78 is 8.32. The van der Waals surface area contributed by atoms with Crippen LogP contribution in [0.1, 0.15) is 57.0 Å². The van der Waals surface area contributed by atoms with Gasteiger partial charge in [0.15, 0.2) is 1.41 Å². The molecule has 1 fully saturated rings. The summed E-state index contributed by atoms with van der Waals surface area (Å²) in [5.41, 5.74) is 3.01. The van der Waals surface area contributed by atoms with Crippen molar-refractivity contribution in [3.63, 3.8) is 0 Å². The van der Waals surface area contributed by atoms with Gasteiger partial charge in [0.1, 0.15) is 5.82 Å². The van der Waals surface area contributed by atoms with Gasteiger partial charge in [-0.2, -0.15) is 0 Å². The van der Waals surface area contributed by atoms with E-state index in [4.69, 9.17) is 6.40 Å². The highest BCUT2D eigenvalue weighted by atomic mass is 16.2. The molecule has 1 aromatic carbocycles. The fourth-order valence-electron chi connectivity index (χ4n) is 3.25. The Morgan fingerprint density at radius 3 is 2.88 bits per heavy atom. The van der Waals surface area contributed by atoms with Crippen LogP contribution in [0.25, 0.3) is 11.3 Å². The number of amides is 1. The van der Waals surface area contributed by atoms with E-state index in [9.17, 15) is 4.79 Å². The maximum Gasteiger partial charge on any atom is 0.226 e. The summed E-state index contributed by atoms with van der Waals surface area (Å²) in [6, 6.07) is 8.08. The number of hydrogen-bond acceptors (Lipinski definition) is 2. The number of nitrogens with one attached hydrogen (secondary N) is 1. The van der Waals surface area contributed by atoms with Crippen molar-refractivity contribution in [3.05, 3.63) is 41.9 Å². The van der Waals surface area contributed by atoms with Gasteiger partial charge in [0.25, 0.3) is 0 Å². The van der Waals surface area contributed by atoms with Crippen molar-refractivity contribution >= 4 is 5.91 Å². The van der Waals surface area contributed by atoms with E-state index in [1.165, 1.54) is 10.5 Å². The van der Waals surface area contributed by atoms with Crippen molar-refractivity contribution < 1.29 is 6.21 Å². The molecule has 0 saturated carbocycles. The van der Waals surface area contributed by atoms with Crippen molar-refractivity contribution in [2.45, 2.75) is 52.5 Å². The highest BCUT2D eigenvalue weighted by Gasteiger charge is 2.31. The number of nitrogens with zero attached hydrogens (tertiary/aromatic N) is 2. The second-order valence-corrected chi connectivity index (χ2v) is 6.83. The number of H-pyrrole nitrogens is 1. The smallest absolute Gasteiger partial charge is 0.226 e. The number of aromatic nitrogens is 2. The van der Waals surface area contributed by atoms with Crippen LogP contribution < -0.4 is 0 Å². The van der Waals surface area contributed by atoms with Crippen LogP contribution in [0, 0.1) is 12.8 Å². The molecule has 1 aliphatic rings. The molecule has 24 heavy (non-hydrogen) atoms. The fourth-order valence-corrected chi connectivity index (χ4v) is 3.25. The number of piperidine rings is 1. The Labute approximate surface area is 145 Å². The minimum Gasteiger partial charge on any atom is -0.346 e. The molecular formula is C20H27N3O. The van der Waals surface area contributed by atoms with Crippen LogP contribution >= 0.6 is 0 Å². The molecule has 1 N–H and O–H groups in total. The molecule has 2 aromatic rings. The summed E-state index contributed by atoms with van der Waals surface area (Å²) in [4.78, 5) is 20.8. The van der Waals surface area contributed by atoms with Crippen molar-refractivity contribution in [2.75, 3.05) is 6.54 Å². The number of carbonyl (C=O) groups excluding carboxylic acids is 1. The molecule has 1 amide bonds. The van der Waals surface area contributed by atoms with Gasteiger partial charge in [0.05, 0.1) is 11.7 Å². The van der Waals surface area contributed by atoms with Crippen LogP contribution in [0.15, 0.2) is 30.5 Å². The number of aryl methyl sites for hydroxylation is 1. The van der Waals surface area contributed by atoms with E-state index in [0.717, 1.165) is 43.5 Å². The average molecular weight is 326 g/mol. The SMILES string of the molecule is [2H]n1cc(-c2ccc(C)cc2)nc1C1CCCCN1C(=O)C(C)CC. The third kappa shape index (κ3) is 3.37. The minimum atomic E-state index is -0.0908. The molecule has 4 heteroatoms. The Morgan fingerprint density at radius 2 is 2.17 bits per heavy atom. The van der Waals surface area contributed by atoms with Gasteiger partial charge < -0.3 is 9.88 Å². The maximum absolute atomic E-state index is 12.8. The van der Waals surface area contributed by atoms with E-state index in [2.05, 4.69) is 19.1 Å². The standard InChI is InChI=1S/C20H27N3O/c1-4-15(3)20(24)23-12-6-5-7-18(23)19-21-13-17(22-19)16-10-8-14(2)9-11-16/h8-11,13,15,18H,4-7,12H2,1-3H3,(H,21,22)/i/hD. The normalized spacial score (nSPS) is 19.9. The molecule has 2 heterocycles. The fraction of sp³-hybridized carbons (Fsp3) is 0.500. The largest absolute Gasteiger partial charge is 0.346 e. The molecule has 1 saturated heterocycles. The number of likely N-dealkylation sites (tertiary alicyclic amines) is 1. The molecule has 4 nitrogen and oxygen atoms in total. The molecule has 0 bridgehead atoms. The molecule has 0 radical (unpaired) electrons. The van der Waals surface area contributed by atoms with Gasteiger partial charge in [-0.05, 0) is 32.6 Å². The van der Waals surface area contributed by atoms with Gasteiger partial charge in [-0.1, -0.05) is 43.7 Å². The van der Waals surface area contributed by atoms with Crippen LogP contribution in [0.5, 0.6) is 0 Å². The van der Waals surface area contributed by atoms with Gasteiger partial charge in [0, 0.05) is 24.2 Å². The summed E-state index contributed by atoms with van der Waals surface area (Å²) in [5.74, 6) is 0.880. The molecule has 0 spiro atoms. The predicted molar refractivity (Wildman–Crippen MR) is 96.5 cm³/mol. The number of benzene rings is 1. The molecule has 0 aliphatic carbocycles. The summed E-state index contributed by atoms with van der Waals surface area (Å²) in [7, 11) is 0. The van der Waals surface area contributed by atoms with Crippen LogP contribution in [-0.4, -0.2) is 27.3 Å². The van der Waals surface area contributed by atoms with E-state index in [-0.39, 0.29) is 17.9 Å². The van der Waals surface area contributed by atoms with Crippen LogP contribution in [0.3, 0.4) is 0 Å². The monoisotopic (exact) mass is 326 g/mol. The third-order valence-corrected chi connectivity index (χ3v) is 5.02. The Balaban J connectivity index is 1.91. The van der Waals surface area contributed by atoms with E-state index < -0.39 is 0 Å². The predicted octanol–water partition coefficient (Wildman–Crippen LogP) is 4.48. The van der Waals surface area contributed by atoms with Crippen molar-refractivity contribution in [1.29, 1.82) is 0 Å². The van der Waals surface area contributed by atoms with Gasteiger partial charge >= 0.3 is 0 Å². The molecule has 1 aromatic heterocycles. The van der Waals surface area contributed by atoms with Gasteiger partial charge in [-0.3, -0.25) is 4.79 Å². The van der Waals surface area contributed by atoms with Gasteiger partial charge in [-0.15, -0.1) is 0 Å². The zero-order valence-electron chi connectivity index (χ0n) is 15.8. The molecule has 2 unspecified atom stereocenters. The van der Waals surface area contributed by atoms with Crippen LogP contribution in [0.4, 0.5) is 0 Å². The first-order valence-electron chi connectivity index (χ1n) is 9.42. The first-order valence-corrected chi connectivity index (χ1v) is 8.97. The lowest BCUT2D eigenvalue weighted by Crippen LogP contribution is -2.41. The number of aromatic amines is 1. The van der Waals surface area contributed by atoms with Gasteiger partial charge in [-0.25, -0.2) is 4.98 Å². The zero-order valence-corrected chi connectivity index (χ0v) is 14.8. The highest BCUT2D eigenvalue weighted by Crippen LogP contribution is 2.32. The molecule has 1 aliphatic heterocycles. The Morgan fingerprint density at radius 1 is 1.42 bits per heavy atom. The van der Waals surface area contributed by atoms with Gasteiger partial charge in [0.2, 0.25) is 5.91 Å². The van der Waals surface area contributed by atoms with Crippen molar-refractivity contribution in [1.82, 2.24) is 14.9 Å². The Bertz CT molecular complexity index is 738. The highest BCUT2D eigenvalue weighted by molar-refractivity contribution is 5.79. The Hall–Kier alpha value is -2.10. The summed E-state index contributed by atoms with van der Waals surface area (Å²) in [6.07, 6.45) is 5.57. The zero-order chi connectivity index (χ0) is 18.0. The number of rotatable bonds is 4. The number of imidazole rings is 1. The van der Waals surface area contributed by atoms with Crippen molar-refractivity contribution in [3.8, 4) is 11.3 Å². The maximum atomic E-state index is 12.8. The lowest BCUT2D eigenvalue weighted by Gasteiger charge is -2.36. The van der Waals surface area contributed by atoms with E-state index in [0.29, 0.717) is 5.82 Å². The Kier molecular flexibility index (Phi) is 4.63. The first kappa shape index (κ1) is 15.4. The lowest BCUT2D eigenvalue weighted by atomic mass is 9.98. The van der Waals surface area contributed by atoms with Crippen molar-refractivity contribution in [2.24, 2.45) is 5.92 Å². The quantitative estimate of drug-likeness (QED) is 0.900. The molecule has 3 rings (SSSR count). The topological polar surface area (TPSA) is 49.0 Å². The van der Waals surface area contributed by atoms with E-state index >= 15 is 0 Å². The molecular weight excluding hydrogens is 298 g/mol. The summed E-state index contributed by atoms with van der Waals surface area (Å²) in [6.45, 7) is 6.85. The lowest BCUT2D eigenvalue weighted by molar-refractivity contribution is -0.139. The molecule has 128 valence electrons. The average Bonchev–Trinajstić information content (AvgIpc) is 3.02. The third-order valence-electron chi connectivity index (χ3n) is 5.02. The minimum absolute atomic E-state index is 0.0197. The van der Waals surface area contributed by atoms with Crippen LogP contribution in [-0.2, 0) is 4.79 Å². The molecule has 2 atom stereocenters. The number of carbonyl (C=O) groups is 1. The second kappa shape index (κ2) is 7.20. The van der Waals surface area contributed by atoms with E-state index in [1.807, 2.05) is 30.9 Å². The summed E-state index contributed by atoms with van der Waals surface area (Å²) in [5, 5.41) is 0.